The molecule has 0 bridgehead atoms. The van der Waals surface area contributed by atoms with E-state index in [-0.39, 0.29) is 17.0 Å². The smallest absolute Gasteiger partial charge is 0.0723 e. The topological polar surface area (TPSA) is 0 Å². The van der Waals surface area contributed by atoms with Gasteiger partial charge in [0.25, 0.3) is 0 Å². The molecule has 0 saturated heterocycles. The molecule has 0 atom stereocenters. The van der Waals surface area contributed by atoms with Crippen LogP contribution in [-0.4, -0.2) is 22.1 Å². The molecule has 0 radical (unpaired) electrons. The fourth-order valence-electron chi connectivity index (χ4n) is 3.02. The van der Waals surface area contributed by atoms with E-state index in [0.717, 1.165) is 0 Å². The lowest BCUT2D eigenvalue weighted by Gasteiger charge is -2.52. The Bertz CT molecular complexity index is 164. The minimum Gasteiger partial charge on any atom is -1.00 e. The summed E-state index contributed by atoms with van der Waals surface area (Å²) in [6.07, 6.45) is 0. The van der Waals surface area contributed by atoms with Gasteiger partial charge < -0.3 is 17.0 Å². The predicted molar refractivity (Wildman–Crippen MR) is 72.1 cm³/mol. The molecule has 0 aliphatic carbocycles. The first-order chi connectivity index (χ1) is 5.75. The fourth-order valence-corrected chi connectivity index (χ4v) is 9.06. The maximum Gasteiger partial charge on any atom is 0.0723 e. The highest BCUT2D eigenvalue weighted by molar-refractivity contribution is 7.79. The average Bonchev–Trinajstić information content (AvgIpc) is 1.77. The van der Waals surface area contributed by atoms with Crippen molar-refractivity contribution in [1.29, 1.82) is 0 Å². The molecule has 2 heteroatoms. The maximum atomic E-state index is 2.55. The first-order valence-corrected chi connectivity index (χ1v) is 7.85. The number of hydrogen-bond acceptors (Lipinski definition) is 0. The molecule has 0 amide bonds. The highest BCUT2D eigenvalue weighted by Gasteiger charge is 2.60. The second kappa shape index (κ2) is 4.65. The van der Waals surface area contributed by atoms with E-state index in [0.29, 0.717) is 15.5 Å². The zero-order chi connectivity index (χ0) is 12.0. The normalized spacial score (nSPS) is 14.8. The third-order valence-corrected chi connectivity index (χ3v) is 12.1. The summed E-state index contributed by atoms with van der Waals surface area (Å²) in [4.78, 5) is 0. The molecule has 0 rings (SSSR count). The van der Waals surface area contributed by atoms with Crippen molar-refractivity contribution in [3.8, 4) is 0 Å². The van der Waals surface area contributed by atoms with Gasteiger partial charge in [-0.25, -0.2) is 0 Å². The van der Waals surface area contributed by atoms with E-state index in [1.807, 2.05) is 0 Å². The van der Waals surface area contributed by atoms with Crippen molar-refractivity contribution in [2.24, 2.45) is 0 Å². The Balaban J connectivity index is 0. The van der Waals surface area contributed by atoms with Crippen LogP contribution in [0.1, 0.15) is 62.3 Å². The van der Waals surface area contributed by atoms with E-state index in [2.05, 4.69) is 69.0 Å². The maximum absolute atomic E-state index is 2.55. The monoisotopic (exact) mass is 296 g/mol. The Labute approximate surface area is 109 Å². The van der Waals surface area contributed by atoms with Crippen LogP contribution in [0.15, 0.2) is 0 Å². The van der Waals surface area contributed by atoms with Gasteiger partial charge in [-0.1, -0.05) is 0 Å². The molecule has 0 aromatic rings. The molecule has 0 aromatic carbocycles. The van der Waals surface area contributed by atoms with Crippen molar-refractivity contribution in [3.63, 3.8) is 0 Å². The van der Waals surface area contributed by atoms with E-state index in [4.69, 9.17) is 0 Å². The van der Waals surface area contributed by atoms with E-state index in [9.17, 15) is 0 Å². The second-order valence-electron chi connectivity index (χ2n) is 7.52. The van der Waals surface area contributed by atoms with Crippen molar-refractivity contribution in [2.45, 2.75) is 77.8 Å². The van der Waals surface area contributed by atoms with Crippen molar-refractivity contribution < 1.29 is 17.0 Å². The Hall–Kier alpha value is 0.910. The van der Waals surface area contributed by atoms with Crippen LogP contribution in [0, 0.1) is 0 Å². The Morgan fingerprint density at radius 2 is 0.667 bits per heavy atom. The lowest BCUT2D eigenvalue weighted by Crippen LogP contribution is -3.00. The summed E-state index contributed by atoms with van der Waals surface area (Å²) < 4.78 is 0. The third kappa shape index (κ3) is 3.19. The molecule has 0 aromatic heterocycles. The summed E-state index contributed by atoms with van der Waals surface area (Å²) in [5, 5.41) is 1.30. The SMILES string of the molecule is CC(C)(C)[P+](C)(C(C)(C)C)C(C)(C)C.[Br-]. The van der Waals surface area contributed by atoms with Crippen LogP contribution in [0.25, 0.3) is 0 Å². The summed E-state index contributed by atoms with van der Waals surface area (Å²) >= 11 is 0. The predicted octanol–water partition coefficient (Wildman–Crippen LogP) is 2.03. The minimum absolute atomic E-state index is 0. The van der Waals surface area contributed by atoms with Crippen molar-refractivity contribution in [3.05, 3.63) is 0 Å². The highest BCUT2D eigenvalue weighted by Crippen LogP contribution is 2.80. The van der Waals surface area contributed by atoms with Crippen LogP contribution >= 0.6 is 7.26 Å². The molecule has 0 heterocycles. The van der Waals surface area contributed by atoms with Gasteiger partial charge in [0.05, 0.1) is 22.1 Å². The number of rotatable bonds is 0. The van der Waals surface area contributed by atoms with Gasteiger partial charge in [-0.2, -0.15) is 0 Å². The average molecular weight is 297 g/mol. The van der Waals surface area contributed by atoms with E-state index in [1.54, 1.807) is 0 Å². The Morgan fingerprint density at radius 3 is 0.667 bits per heavy atom. The largest absolute Gasteiger partial charge is 1.00 e. The van der Waals surface area contributed by atoms with Crippen molar-refractivity contribution in [2.75, 3.05) is 6.66 Å². The molecule has 0 unspecified atom stereocenters. The van der Waals surface area contributed by atoms with Crippen LogP contribution < -0.4 is 17.0 Å². The Kier molecular flexibility index (Phi) is 5.67. The molecule has 0 aliphatic heterocycles. The van der Waals surface area contributed by atoms with Crippen LogP contribution in [-0.2, 0) is 0 Å². The zero-order valence-electron chi connectivity index (χ0n) is 12.3. The van der Waals surface area contributed by atoms with Crippen LogP contribution in [0.5, 0.6) is 0 Å². The second-order valence-corrected chi connectivity index (χ2v) is 13.6. The molecule has 0 fully saturated rings. The molecule has 0 N–H and O–H groups in total. The molecule has 0 spiro atoms. The highest BCUT2D eigenvalue weighted by atomic mass is 79.9. The summed E-state index contributed by atoms with van der Waals surface area (Å²) in [5.74, 6) is 0. The third-order valence-electron chi connectivity index (χ3n) is 4.02. The van der Waals surface area contributed by atoms with Crippen LogP contribution in [0.2, 0.25) is 0 Å². The first-order valence-electron chi connectivity index (χ1n) is 5.62. The molecule has 0 aliphatic rings. The zero-order valence-corrected chi connectivity index (χ0v) is 14.8. The van der Waals surface area contributed by atoms with Crippen LogP contribution in [0.4, 0.5) is 0 Å². The van der Waals surface area contributed by atoms with Gasteiger partial charge in [0.1, 0.15) is 0 Å². The standard InChI is InChI=1S/C13H30P.BrH/c1-11(2,3)14(10,12(4,5)6)13(7,8)9;/h1-10H3;1H/q+1;/p-1. The van der Waals surface area contributed by atoms with Gasteiger partial charge in [0, 0.05) is 7.26 Å². The lowest BCUT2D eigenvalue weighted by molar-refractivity contribution is -0.00000425. The molecule has 0 nitrogen and oxygen atoms in total. The van der Waals surface area contributed by atoms with Crippen molar-refractivity contribution >= 4 is 7.26 Å². The molecule has 0 saturated carbocycles. The Morgan fingerprint density at radius 1 is 0.533 bits per heavy atom. The van der Waals surface area contributed by atoms with E-state index in [1.165, 1.54) is 0 Å². The van der Waals surface area contributed by atoms with Gasteiger partial charge in [-0.05, 0) is 62.3 Å². The molecule has 15 heavy (non-hydrogen) atoms. The van der Waals surface area contributed by atoms with Gasteiger partial charge >= 0.3 is 0 Å². The van der Waals surface area contributed by atoms with Gasteiger partial charge in [0.15, 0.2) is 0 Å². The van der Waals surface area contributed by atoms with E-state index < -0.39 is 7.26 Å². The fraction of sp³-hybridized carbons (Fsp3) is 1.00. The van der Waals surface area contributed by atoms with Gasteiger partial charge in [-0.15, -0.1) is 0 Å². The molecular formula is C13H30BrP. The van der Waals surface area contributed by atoms with Crippen LogP contribution in [0.3, 0.4) is 0 Å². The molecule has 94 valence electrons. The summed E-state index contributed by atoms with van der Waals surface area (Å²) in [6.45, 7) is 24.3. The lowest BCUT2D eigenvalue weighted by atomic mass is 10.2. The minimum atomic E-state index is -1.02. The summed E-state index contributed by atoms with van der Waals surface area (Å²) in [7, 11) is -1.02. The quantitative estimate of drug-likeness (QED) is 0.600. The van der Waals surface area contributed by atoms with E-state index >= 15 is 0 Å². The summed E-state index contributed by atoms with van der Waals surface area (Å²) in [6, 6.07) is 0. The summed E-state index contributed by atoms with van der Waals surface area (Å²) in [5.41, 5.74) is 0. The van der Waals surface area contributed by atoms with Crippen molar-refractivity contribution in [1.82, 2.24) is 0 Å². The van der Waals surface area contributed by atoms with Gasteiger partial charge in [0.2, 0.25) is 0 Å². The first kappa shape index (κ1) is 18.3. The van der Waals surface area contributed by atoms with Gasteiger partial charge in [-0.3, -0.25) is 0 Å². The number of hydrogen-bond donors (Lipinski definition) is 0. The number of halogens is 1. The molecular weight excluding hydrogens is 267 g/mol.